The Hall–Kier alpha value is -2.71. The molecule has 1 fully saturated rings. The fourth-order valence-electron chi connectivity index (χ4n) is 2.98. The van der Waals surface area contributed by atoms with Gasteiger partial charge < -0.3 is 18.8 Å². The molecule has 8 heteroatoms. The second-order valence-corrected chi connectivity index (χ2v) is 7.03. The molecule has 27 heavy (non-hydrogen) atoms. The van der Waals surface area contributed by atoms with Crippen LogP contribution in [0.15, 0.2) is 40.1 Å². The number of benzene rings is 1. The lowest BCUT2D eigenvalue weighted by atomic mass is 10.1. The summed E-state index contributed by atoms with van der Waals surface area (Å²) >= 11 is 1.49. The molecule has 3 aromatic rings. The second kappa shape index (κ2) is 7.89. The molecule has 0 spiro atoms. The summed E-state index contributed by atoms with van der Waals surface area (Å²) < 4.78 is 16.4. The van der Waals surface area contributed by atoms with Gasteiger partial charge in [-0.15, -0.1) is 21.5 Å². The minimum Gasteiger partial charge on any atom is -0.496 e. The molecule has 140 valence electrons. The lowest BCUT2D eigenvalue weighted by Gasteiger charge is -2.29. The number of hydrogen-bond donors (Lipinski definition) is 0. The van der Waals surface area contributed by atoms with E-state index in [1.807, 2.05) is 35.7 Å². The number of hydrogen-bond acceptors (Lipinski definition) is 8. The summed E-state index contributed by atoms with van der Waals surface area (Å²) in [5.41, 5.74) is 1.85. The van der Waals surface area contributed by atoms with Gasteiger partial charge in [-0.1, -0.05) is 12.1 Å². The van der Waals surface area contributed by atoms with Gasteiger partial charge in [0.05, 0.1) is 25.2 Å². The number of methoxy groups -OCH3 is 1. The standard InChI is InChI=1S/C19H19N3O4S/c1-24-16-12-14(22-6-8-25-9-7-22)5-4-13(16)11-15(23)18-20-21-19(26-18)17-3-2-10-27-17/h2-5,10,12H,6-9,11H2,1H3. The Morgan fingerprint density at radius 2 is 2.11 bits per heavy atom. The van der Waals surface area contributed by atoms with E-state index in [1.54, 1.807) is 7.11 Å². The molecular weight excluding hydrogens is 366 g/mol. The van der Waals surface area contributed by atoms with Crippen molar-refractivity contribution in [2.45, 2.75) is 6.42 Å². The van der Waals surface area contributed by atoms with Gasteiger partial charge in [-0.3, -0.25) is 4.79 Å². The van der Waals surface area contributed by atoms with Crippen molar-refractivity contribution < 1.29 is 18.7 Å². The van der Waals surface area contributed by atoms with E-state index in [4.69, 9.17) is 13.9 Å². The number of morpholine rings is 1. The number of carbonyl (C=O) groups excluding carboxylic acids is 1. The largest absolute Gasteiger partial charge is 0.496 e. The van der Waals surface area contributed by atoms with E-state index in [0.717, 1.165) is 29.2 Å². The summed E-state index contributed by atoms with van der Waals surface area (Å²) in [5.74, 6) is 0.814. The number of aromatic nitrogens is 2. The SMILES string of the molecule is COc1cc(N2CCOCC2)ccc1CC(=O)c1nnc(-c2cccs2)o1. The maximum Gasteiger partial charge on any atom is 0.284 e. The number of rotatable bonds is 6. The van der Waals surface area contributed by atoms with Gasteiger partial charge in [0.25, 0.3) is 11.8 Å². The van der Waals surface area contributed by atoms with E-state index in [0.29, 0.717) is 24.9 Å². The van der Waals surface area contributed by atoms with E-state index in [1.165, 1.54) is 11.3 Å². The highest BCUT2D eigenvalue weighted by molar-refractivity contribution is 7.13. The van der Waals surface area contributed by atoms with Gasteiger partial charge in [-0.2, -0.15) is 0 Å². The molecule has 0 radical (unpaired) electrons. The van der Waals surface area contributed by atoms with Crippen LogP contribution in [0.1, 0.15) is 16.2 Å². The van der Waals surface area contributed by atoms with Crippen molar-refractivity contribution in [1.82, 2.24) is 10.2 Å². The maximum atomic E-state index is 12.6. The first kappa shape index (κ1) is 17.7. The van der Waals surface area contributed by atoms with Crippen molar-refractivity contribution >= 4 is 22.8 Å². The van der Waals surface area contributed by atoms with Crippen LogP contribution in [0.3, 0.4) is 0 Å². The molecule has 0 aliphatic carbocycles. The molecule has 2 aromatic heterocycles. The molecule has 1 aromatic carbocycles. The Kier molecular flexibility index (Phi) is 5.17. The highest BCUT2D eigenvalue weighted by atomic mass is 32.1. The predicted molar refractivity (Wildman–Crippen MR) is 102 cm³/mol. The molecule has 1 aliphatic rings. The van der Waals surface area contributed by atoms with Crippen LogP contribution in [0.4, 0.5) is 5.69 Å². The Balaban J connectivity index is 1.50. The molecule has 0 amide bonds. The van der Waals surface area contributed by atoms with Crippen molar-refractivity contribution in [3.8, 4) is 16.5 Å². The zero-order valence-electron chi connectivity index (χ0n) is 14.9. The molecule has 0 saturated carbocycles. The van der Waals surface area contributed by atoms with Crippen LogP contribution < -0.4 is 9.64 Å². The van der Waals surface area contributed by atoms with Gasteiger partial charge in [0.1, 0.15) is 5.75 Å². The molecular formula is C19H19N3O4S. The number of Topliss-reactive ketones (excluding diaryl/α,β-unsaturated/α-hetero) is 1. The Bertz CT molecular complexity index is 917. The topological polar surface area (TPSA) is 77.7 Å². The molecule has 0 unspecified atom stereocenters. The fourth-order valence-corrected chi connectivity index (χ4v) is 3.63. The number of ether oxygens (including phenoxy) is 2. The molecule has 1 saturated heterocycles. The van der Waals surface area contributed by atoms with Crippen molar-refractivity contribution in [2.24, 2.45) is 0 Å². The molecule has 4 rings (SSSR count). The third kappa shape index (κ3) is 3.86. The Morgan fingerprint density at radius 3 is 2.85 bits per heavy atom. The Morgan fingerprint density at radius 1 is 1.26 bits per heavy atom. The van der Waals surface area contributed by atoms with Crippen molar-refractivity contribution in [3.63, 3.8) is 0 Å². The zero-order chi connectivity index (χ0) is 18.6. The number of carbonyl (C=O) groups is 1. The number of nitrogens with zero attached hydrogens (tertiary/aromatic N) is 3. The molecule has 7 nitrogen and oxygen atoms in total. The van der Waals surface area contributed by atoms with Crippen LogP contribution in [0.25, 0.3) is 10.8 Å². The van der Waals surface area contributed by atoms with E-state index in [9.17, 15) is 4.79 Å². The summed E-state index contributed by atoms with van der Waals surface area (Å²) in [4.78, 5) is 15.7. The zero-order valence-corrected chi connectivity index (χ0v) is 15.7. The highest BCUT2D eigenvalue weighted by Gasteiger charge is 2.20. The first-order valence-electron chi connectivity index (χ1n) is 8.65. The van der Waals surface area contributed by atoms with Crippen molar-refractivity contribution in [1.29, 1.82) is 0 Å². The van der Waals surface area contributed by atoms with Crippen LogP contribution in [0.2, 0.25) is 0 Å². The monoisotopic (exact) mass is 385 g/mol. The van der Waals surface area contributed by atoms with Crippen molar-refractivity contribution in [3.05, 3.63) is 47.2 Å². The summed E-state index contributed by atoms with van der Waals surface area (Å²) in [5, 5.41) is 9.77. The lowest BCUT2D eigenvalue weighted by Crippen LogP contribution is -2.36. The average molecular weight is 385 g/mol. The lowest BCUT2D eigenvalue weighted by molar-refractivity contribution is 0.0959. The fraction of sp³-hybridized carbons (Fsp3) is 0.316. The van der Waals surface area contributed by atoms with Gasteiger partial charge in [-0.05, 0) is 17.5 Å². The highest BCUT2D eigenvalue weighted by Crippen LogP contribution is 2.28. The van der Waals surface area contributed by atoms with Crippen LogP contribution in [0, 0.1) is 0 Å². The van der Waals surface area contributed by atoms with E-state index in [-0.39, 0.29) is 18.1 Å². The van der Waals surface area contributed by atoms with Crippen LogP contribution in [-0.4, -0.2) is 49.4 Å². The summed E-state index contributed by atoms with van der Waals surface area (Å²) in [6.07, 6.45) is 0.138. The predicted octanol–water partition coefficient (Wildman–Crippen LogP) is 3.07. The Labute approximate surface area is 160 Å². The van der Waals surface area contributed by atoms with Gasteiger partial charge >= 0.3 is 0 Å². The number of ketones is 1. The average Bonchev–Trinajstić information content (AvgIpc) is 3.40. The van der Waals surface area contributed by atoms with Crippen LogP contribution in [-0.2, 0) is 11.2 Å². The minimum absolute atomic E-state index is 0.0118. The second-order valence-electron chi connectivity index (χ2n) is 6.09. The van der Waals surface area contributed by atoms with E-state index in [2.05, 4.69) is 15.1 Å². The van der Waals surface area contributed by atoms with Gasteiger partial charge in [0.2, 0.25) is 5.78 Å². The molecule has 0 bridgehead atoms. The normalized spacial score (nSPS) is 14.3. The molecule has 3 heterocycles. The first-order valence-corrected chi connectivity index (χ1v) is 9.53. The van der Waals surface area contributed by atoms with Crippen LogP contribution >= 0.6 is 11.3 Å². The first-order chi connectivity index (χ1) is 13.2. The number of anilines is 1. The van der Waals surface area contributed by atoms with Crippen molar-refractivity contribution in [2.75, 3.05) is 38.3 Å². The van der Waals surface area contributed by atoms with E-state index < -0.39 is 0 Å². The third-order valence-corrected chi connectivity index (χ3v) is 5.25. The minimum atomic E-state index is -0.234. The smallest absolute Gasteiger partial charge is 0.284 e. The third-order valence-electron chi connectivity index (χ3n) is 4.39. The molecule has 1 aliphatic heterocycles. The summed E-state index contributed by atoms with van der Waals surface area (Å²) in [7, 11) is 1.61. The quantitative estimate of drug-likeness (QED) is 0.604. The summed E-state index contributed by atoms with van der Waals surface area (Å²) in [6, 6.07) is 9.64. The van der Waals surface area contributed by atoms with E-state index >= 15 is 0 Å². The maximum absolute atomic E-state index is 12.6. The van der Waals surface area contributed by atoms with Gasteiger partial charge in [0, 0.05) is 36.8 Å². The molecule has 0 atom stereocenters. The van der Waals surface area contributed by atoms with Gasteiger partial charge in [0.15, 0.2) is 0 Å². The molecule has 0 N–H and O–H groups in total. The van der Waals surface area contributed by atoms with Crippen LogP contribution in [0.5, 0.6) is 5.75 Å². The van der Waals surface area contributed by atoms with Gasteiger partial charge in [-0.25, -0.2) is 0 Å². The number of thiophene rings is 1. The summed E-state index contributed by atoms with van der Waals surface area (Å²) in [6.45, 7) is 3.11.